The molecule has 1 aliphatic rings. The summed E-state index contributed by atoms with van der Waals surface area (Å²) in [6.45, 7) is 1.83. The Kier molecular flexibility index (Phi) is 3.01. The van der Waals surface area contributed by atoms with Gasteiger partial charge in [-0.15, -0.1) is 11.6 Å². The van der Waals surface area contributed by atoms with E-state index in [0.29, 0.717) is 17.7 Å². The van der Waals surface area contributed by atoms with E-state index in [1.54, 1.807) is 12.1 Å². The third-order valence-electron chi connectivity index (χ3n) is 2.51. The van der Waals surface area contributed by atoms with E-state index in [1.807, 2.05) is 6.92 Å². The number of hydrogen-bond donors (Lipinski definition) is 1. The van der Waals surface area contributed by atoms with Gasteiger partial charge in [-0.1, -0.05) is 13.0 Å². The first-order valence-electron chi connectivity index (χ1n) is 5.02. The Morgan fingerprint density at radius 1 is 1.56 bits per heavy atom. The summed E-state index contributed by atoms with van der Waals surface area (Å²) in [4.78, 5) is 11.5. The molecule has 0 saturated heterocycles. The molecule has 2 rings (SSSR count). The van der Waals surface area contributed by atoms with Crippen LogP contribution in [0.25, 0.3) is 0 Å². The third kappa shape index (κ3) is 1.73. The summed E-state index contributed by atoms with van der Waals surface area (Å²) in [5.74, 6) is -0.416. The molecule has 1 unspecified atom stereocenters. The zero-order valence-electron chi connectivity index (χ0n) is 8.72. The standard InChI is InChI=1S/C11H11ClFNO2/c1-2-7-11(15)14-10-8(16-7)4-3-6(5-12)9(10)13/h3-4,7H,2,5H2,1H3,(H,14,15). The fraction of sp³-hybridized carbons (Fsp3) is 0.364. The van der Waals surface area contributed by atoms with Crippen LogP contribution >= 0.6 is 11.6 Å². The van der Waals surface area contributed by atoms with E-state index in [1.165, 1.54) is 0 Å². The second-order valence-corrected chi connectivity index (χ2v) is 3.82. The van der Waals surface area contributed by atoms with Crippen LogP contribution in [-0.2, 0) is 10.7 Å². The maximum Gasteiger partial charge on any atom is 0.265 e. The van der Waals surface area contributed by atoms with Crippen molar-refractivity contribution < 1.29 is 13.9 Å². The number of halogens is 2. The van der Waals surface area contributed by atoms with Gasteiger partial charge in [-0.2, -0.15) is 0 Å². The molecule has 0 spiro atoms. The van der Waals surface area contributed by atoms with Gasteiger partial charge in [-0.05, 0) is 12.5 Å². The van der Waals surface area contributed by atoms with Crippen LogP contribution < -0.4 is 10.1 Å². The Balaban J connectivity index is 2.43. The monoisotopic (exact) mass is 243 g/mol. The Labute approximate surface area is 97.5 Å². The molecule has 0 saturated carbocycles. The summed E-state index contributed by atoms with van der Waals surface area (Å²) in [6.07, 6.45) is -0.00167. The van der Waals surface area contributed by atoms with Crippen molar-refractivity contribution in [2.75, 3.05) is 5.32 Å². The predicted molar refractivity (Wildman–Crippen MR) is 59.3 cm³/mol. The number of alkyl halides is 1. The first-order chi connectivity index (χ1) is 7.67. The number of amides is 1. The van der Waals surface area contributed by atoms with Gasteiger partial charge in [-0.25, -0.2) is 4.39 Å². The lowest BCUT2D eigenvalue weighted by Gasteiger charge is -2.25. The van der Waals surface area contributed by atoms with Crippen LogP contribution in [0.3, 0.4) is 0 Å². The molecular weight excluding hydrogens is 233 g/mol. The predicted octanol–water partition coefficient (Wildman–Crippen LogP) is 2.67. The molecule has 16 heavy (non-hydrogen) atoms. The molecule has 1 aromatic carbocycles. The average molecular weight is 244 g/mol. The van der Waals surface area contributed by atoms with E-state index in [-0.39, 0.29) is 17.5 Å². The number of nitrogens with one attached hydrogen (secondary N) is 1. The van der Waals surface area contributed by atoms with Gasteiger partial charge < -0.3 is 10.1 Å². The quantitative estimate of drug-likeness (QED) is 0.811. The highest BCUT2D eigenvalue weighted by Gasteiger charge is 2.28. The number of ether oxygens (including phenoxy) is 1. The zero-order chi connectivity index (χ0) is 11.7. The van der Waals surface area contributed by atoms with E-state index in [2.05, 4.69) is 5.32 Å². The topological polar surface area (TPSA) is 38.3 Å². The van der Waals surface area contributed by atoms with E-state index in [9.17, 15) is 9.18 Å². The van der Waals surface area contributed by atoms with Gasteiger partial charge in [0.2, 0.25) is 0 Å². The minimum Gasteiger partial charge on any atom is -0.478 e. The van der Waals surface area contributed by atoms with Crippen molar-refractivity contribution in [1.82, 2.24) is 0 Å². The normalized spacial score (nSPS) is 18.7. The smallest absolute Gasteiger partial charge is 0.265 e. The number of hydrogen-bond acceptors (Lipinski definition) is 2. The van der Waals surface area contributed by atoms with Gasteiger partial charge in [0.25, 0.3) is 5.91 Å². The Morgan fingerprint density at radius 2 is 2.31 bits per heavy atom. The van der Waals surface area contributed by atoms with Gasteiger partial charge >= 0.3 is 0 Å². The molecule has 1 amide bonds. The molecule has 86 valence electrons. The van der Waals surface area contributed by atoms with Gasteiger partial charge in [-0.3, -0.25) is 4.79 Å². The van der Waals surface area contributed by atoms with Crippen LogP contribution in [0.5, 0.6) is 5.75 Å². The molecule has 1 atom stereocenters. The van der Waals surface area contributed by atoms with Crippen molar-refractivity contribution in [2.24, 2.45) is 0 Å². The summed E-state index contributed by atoms with van der Waals surface area (Å²) in [5.41, 5.74) is 0.437. The lowest BCUT2D eigenvalue weighted by atomic mass is 10.1. The summed E-state index contributed by atoms with van der Waals surface area (Å²) >= 11 is 5.57. The van der Waals surface area contributed by atoms with Crippen LogP contribution in [0.2, 0.25) is 0 Å². The Hall–Kier alpha value is -1.29. The summed E-state index contributed by atoms with van der Waals surface area (Å²) < 4.78 is 19.2. The van der Waals surface area contributed by atoms with Crippen molar-refractivity contribution in [3.8, 4) is 5.75 Å². The average Bonchev–Trinajstić information content (AvgIpc) is 2.30. The molecule has 3 nitrogen and oxygen atoms in total. The molecule has 0 bridgehead atoms. The fourth-order valence-electron chi connectivity index (χ4n) is 1.60. The van der Waals surface area contributed by atoms with Gasteiger partial charge in [0.1, 0.15) is 11.4 Å². The van der Waals surface area contributed by atoms with E-state index in [4.69, 9.17) is 16.3 Å². The summed E-state index contributed by atoms with van der Waals surface area (Å²) in [6, 6.07) is 3.18. The maximum absolute atomic E-state index is 13.8. The van der Waals surface area contributed by atoms with Crippen molar-refractivity contribution >= 4 is 23.2 Å². The number of benzene rings is 1. The van der Waals surface area contributed by atoms with Crippen LogP contribution in [0, 0.1) is 5.82 Å². The minimum atomic E-state index is -0.547. The number of anilines is 1. The van der Waals surface area contributed by atoms with Crippen molar-refractivity contribution in [1.29, 1.82) is 0 Å². The Morgan fingerprint density at radius 3 is 2.94 bits per heavy atom. The van der Waals surface area contributed by atoms with Crippen LogP contribution in [0.4, 0.5) is 10.1 Å². The number of carbonyl (C=O) groups is 1. The molecule has 0 aliphatic carbocycles. The number of rotatable bonds is 2. The van der Waals surface area contributed by atoms with Crippen LogP contribution in [-0.4, -0.2) is 12.0 Å². The second kappa shape index (κ2) is 4.29. The van der Waals surface area contributed by atoms with Crippen molar-refractivity contribution in [3.05, 3.63) is 23.5 Å². The van der Waals surface area contributed by atoms with Gasteiger partial charge in [0, 0.05) is 5.56 Å². The molecule has 0 radical (unpaired) electrons. The molecule has 1 aromatic rings. The van der Waals surface area contributed by atoms with E-state index < -0.39 is 11.9 Å². The molecule has 1 N–H and O–H groups in total. The van der Waals surface area contributed by atoms with Crippen LogP contribution in [0.1, 0.15) is 18.9 Å². The molecular formula is C11H11ClFNO2. The molecule has 0 fully saturated rings. The highest BCUT2D eigenvalue weighted by Crippen LogP contribution is 2.34. The van der Waals surface area contributed by atoms with Crippen LogP contribution in [0.15, 0.2) is 12.1 Å². The molecule has 1 aliphatic heterocycles. The maximum atomic E-state index is 13.8. The van der Waals surface area contributed by atoms with Crippen molar-refractivity contribution in [3.63, 3.8) is 0 Å². The minimum absolute atomic E-state index is 0.0617. The second-order valence-electron chi connectivity index (χ2n) is 3.55. The van der Waals surface area contributed by atoms with Crippen molar-refractivity contribution in [2.45, 2.75) is 25.3 Å². The molecule has 0 aromatic heterocycles. The number of carbonyl (C=O) groups excluding carboxylic acids is 1. The number of fused-ring (bicyclic) bond motifs is 1. The van der Waals surface area contributed by atoms with Gasteiger partial charge in [0.15, 0.2) is 11.9 Å². The lowest BCUT2D eigenvalue weighted by molar-refractivity contribution is -0.123. The molecule has 5 heteroatoms. The fourth-order valence-corrected chi connectivity index (χ4v) is 1.80. The third-order valence-corrected chi connectivity index (χ3v) is 2.80. The highest BCUT2D eigenvalue weighted by molar-refractivity contribution is 6.17. The van der Waals surface area contributed by atoms with E-state index >= 15 is 0 Å². The Bertz CT molecular complexity index is 436. The highest BCUT2D eigenvalue weighted by atomic mass is 35.5. The summed E-state index contributed by atoms with van der Waals surface area (Å²) in [5, 5.41) is 2.51. The first kappa shape index (κ1) is 11.2. The molecule has 1 heterocycles. The van der Waals surface area contributed by atoms with E-state index in [0.717, 1.165) is 0 Å². The lowest BCUT2D eigenvalue weighted by Crippen LogP contribution is -2.36. The SMILES string of the molecule is CCC1Oc2ccc(CCl)c(F)c2NC1=O. The largest absolute Gasteiger partial charge is 0.478 e. The van der Waals surface area contributed by atoms with Gasteiger partial charge in [0.05, 0.1) is 5.88 Å². The first-order valence-corrected chi connectivity index (χ1v) is 5.55. The summed E-state index contributed by atoms with van der Waals surface area (Å²) in [7, 11) is 0. The zero-order valence-corrected chi connectivity index (χ0v) is 9.47.